The summed E-state index contributed by atoms with van der Waals surface area (Å²) < 4.78 is 0. The molecule has 1 amide bonds. The minimum Gasteiger partial charge on any atom is -0.312 e. The molecule has 0 spiro atoms. The summed E-state index contributed by atoms with van der Waals surface area (Å²) in [7, 11) is 0. The molecule has 0 N–H and O–H groups in total. The number of amides is 1. The van der Waals surface area contributed by atoms with E-state index in [9.17, 15) is 4.79 Å². The van der Waals surface area contributed by atoms with Crippen molar-refractivity contribution in [1.29, 1.82) is 0 Å². The summed E-state index contributed by atoms with van der Waals surface area (Å²) in [5.74, 6) is 0.571. The monoisotopic (exact) mass is 280 g/mol. The van der Waals surface area contributed by atoms with E-state index >= 15 is 0 Å². The van der Waals surface area contributed by atoms with Crippen LogP contribution in [-0.2, 0) is 11.2 Å². The van der Waals surface area contributed by atoms with Gasteiger partial charge in [0.05, 0.1) is 0 Å². The van der Waals surface area contributed by atoms with Gasteiger partial charge < -0.3 is 4.90 Å². The largest absolute Gasteiger partial charge is 0.312 e. The van der Waals surface area contributed by atoms with Crippen molar-refractivity contribution in [3.05, 3.63) is 59.4 Å². The third-order valence-corrected chi connectivity index (χ3v) is 3.92. The maximum absolute atomic E-state index is 12.2. The molecule has 1 saturated heterocycles. The Morgan fingerprint density at radius 1 is 1.19 bits per heavy atom. The third-order valence-electron chi connectivity index (χ3n) is 3.92. The van der Waals surface area contributed by atoms with Crippen molar-refractivity contribution in [2.75, 3.05) is 11.4 Å². The van der Waals surface area contributed by atoms with Crippen LogP contribution in [0.25, 0.3) is 0 Å². The number of carbonyl (C=O) groups excluding carboxylic acids is 1. The van der Waals surface area contributed by atoms with E-state index in [1.165, 1.54) is 5.56 Å². The van der Waals surface area contributed by atoms with Gasteiger partial charge in [-0.3, -0.25) is 9.78 Å². The molecule has 0 saturated carbocycles. The summed E-state index contributed by atoms with van der Waals surface area (Å²) in [4.78, 5) is 18.7. The number of carbonyl (C=O) groups is 1. The van der Waals surface area contributed by atoms with Crippen molar-refractivity contribution in [2.45, 2.75) is 26.7 Å². The van der Waals surface area contributed by atoms with Crippen molar-refractivity contribution in [3.63, 3.8) is 0 Å². The zero-order valence-corrected chi connectivity index (χ0v) is 12.5. The van der Waals surface area contributed by atoms with Crippen LogP contribution < -0.4 is 4.90 Å². The minimum atomic E-state index is 0.218. The lowest BCUT2D eigenvalue weighted by molar-refractivity contribution is -0.117. The Bertz CT molecular complexity index is 631. The van der Waals surface area contributed by atoms with Crippen molar-refractivity contribution in [1.82, 2.24) is 4.98 Å². The fraction of sp³-hybridized carbons (Fsp3) is 0.333. The molecular weight excluding hydrogens is 260 g/mol. The van der Waals surface area contributed by atoms with Gasteiger partial charge in [0.25, 0.3) is 0 Å². The first-order chi connectivity index (χ1) is 10.1. The second-order valence-electron chi connectivity index (χ2n) is 5.89. The Kier molecular flexibility index (Phi) is 3.74. The van der Waals surface area contributed by atoms with Crippen LogP contribution in [-0.4, -0.2) is 17.4 Å². The van der Waals surface area contributed by atoms with Gasteiger partial charge >= 0.3 is 0 Å². The first-order valence-electron chi connectivity index (χ1n) is 7.41. The maximum atomic E-state index is 12.2. The van der Waals surface area contributed by atoms with Crippen LogP contribution in [0.4, 0.5) is 5.69 Å². The first kappa shape index (κ1) is 13.8. The molecule has 3 heteroatoms. The molecule has 3 rings (SSSR count). The lowest BCUT2D eigenvalue weighted by atomic mass is 10.0. The predicted octanol–water partition coefficient (Wildman–Crippen LogP) is 3.29. The van der Waals surface area contributed by atoms with Gasteiger partial charge in [0.1, 0.15) is 0 Å². The van der Waals surface area contributed by atoms with Crippen LogP contribution >= 0.6 is 0 Å². The molecule has 1 aromatic heterocycles. The number of anilines is 1. The summed E-state index contributed by atoms with van der Waals surface area (Å²) in [6, 6.07) is 14.1. The van der Waals surface area contributed by atoms with Crippen LogP contribution in [0.2, 0.25) is 0 Å². The zero-order chi connectivity index (χ0) is 14.8. The van der Waals surface area contributed by atoms with Gasteiger partial charge in [-0.2, -0.15) is 0 Å². The number of hydrogen-bond donors (Lipinski definition) is 0. The van der Waals surface area contributed by atoms with Crippen molar-refractivity contribution >= 4 is 11.6 Å². The lowest BCUT2D eigenvalue weighted by Gasteiger charge is -2.16. The topological polar surface area (TPSA) is 33.2 Å². The Hall–Kier alpha value is -2.16. The van der Waals surface area contributed by atoms with Crippen molar-refractivity contribution in [3.8, 4) is 0 Å². The molecule has 0 radical (unpaired) electrons. The minimum absolute atomic E-state index is 0.218. The van der Waals surface area contributed by atoms with E-state index in [4.69, 9.17) is 0 Å². The quantitative estimate of drug-likeness (QED) is 0.864. The van der Waals surface area contributed by atoms with E-state index in [-0.39, 0.29) is 5.91 Å². The molecule has 108 valence electrons. The molecule has 1 aliphatic heterocycles. The Morgan fingerprint density at radius 3 is 2.67 bits per heavy atom. The summed E-state index contributed by atoms with van der Waals surface area (Å²) in [6.07, 6.45) is 1.49. The second kappa shape index (κ2) is 5.68. The van der Waals surface area contributed by atoms with Gasteiger partial charge in [-0.1, -0.05) is 18.2 Å². The van der Waals surface area contributed by atoms with Gasteiger partial charge in [0.2, 0.25) is 5.91 Å². The van der Waals surface area contributed by atoms with E-state index in [0.717, 1.165) is 30.0 Å². The van der Waals surface area contributed by atoms with Crippen LogP contribution in [0.5, 0.6) is 0 Å². The van der Waals surface area contributed by atoms with Gasteiger partial charge in [-0.05, 0) is 56.0 Å². The molecule has 0 unspecified atom stereocenters. The maximum Gasteiger partial charge on any atom is 0.227 e. The zero-order valence-electron chi connectivity index (χ0n) is 12.5. The van der Waals surface area contributed by atoms with Crippen molar-refractivity contribution < 1.29 is 4.79 Å². The van der Waals surface area contributed by atoms with E-state index in [2.05, 4.69) is 24.0 Å². The van der Waals surface area contributed by atoms with E-state index in [0.29, 0.717) is 12.3 Å². The van der Waals surface area contributed by atoms with Gasteiger partial charge in [-0.15, -0.1) is 0 Å². The highest BCUT2D eigenvalue weighted by Crippen LogP contribution is 2.27. The average molecular weight is 280 g/mol. The molecule has 2 aromatic rings. The standard InChI is InChI=1S/C18H20N2O/c1-13-8-14(2)19-16(9-13)10-15-11-18(21)20(12-15)17-6-4-3-5-7-17/h3-9,15H,10-12H2,1-2H3/t15-/m0/s1. The molecule has 1 atom stereocenters. The normalized spacial score (nSPS) is 18.3. The summed E-state index contributed by atoms with van der Waals surface area (Å²) in [6.45, 7) is 4.90. The van der Waals surface area contributed by atoms with E-state index in [1.807, 2.05) is 42.2 Å². The smallest absolute Gasteiger partial charge is 0.227 e. The fourth-order valence-electron chi connectivity index (χ4n) is 3.10. The third kappa shape index (κ3) is 3.13. The number of rotatable bonds is 3. The highest BCUT2D eigenvalue weighted by molar-refractivity contribution is 5.95. The average Bonchev–Trinajstić information content (AvgIpc) is 2.79. The predicted molar refractivity (Wildman–Crippen MR) is 84.3 cm³/mol. The summed E-state index contributed by atoms with van der Waals surface area (Å²) in [5.41, 5.74) is 4.38. The molecule has 2 heterocycles. The number of pyridine rings is 1. The molecule has 21 heavy (non-hydrogen) atoms. The van der Waals surface area contributed by atoms with Crippen LogP contribution in [0.15, 0.2) is 42.5 Å². The number of aromatic nitrogens is 1. The SMILES string of the molecule is Cc1cc(C)nc(C[C@H]2CC(=O)N(c3ccccc3)C2)c1. The molecular formula is C18H20N2O. The van der Waals surface area contributed by atoms with Crippen LogP contribution in [0.3, 0.4) is 0 Å². The number of hydrogen-bond acceptors (Lipinski definition) is 2. The number of aryl methyl sites for hydroxylation is 2. The van der Waals surface area contributed by atoms with E-state index < -0.39 is 0 Å². The van der Waals surface area contributed by atoms with Gasteiger partial charge in [0, 0.05) is 30.0 Å². The molecule has 1 fully saturated rings. The lowest BCUT2D eigenvalue weighted by Crippen LogP contribution is -2.24. The van der Waals surface area contributed by atoms with Gasteiger partial charge in [0.15, 0.2) is 0 Å². The number of para-hydroxylation sites is 1. The molecule has 0 aliphatic carbocycles. The molecule has 3 nitrogen and oxygen atoms in total. The first-order valence-corrected chi connectivity index (χ1v) is 7.41. The second-order valence-corrected chi connectivity index (χ2v) is 5.89. The Labute approximate surface area is 125 Å². The highest BCUT2D eigenvalue weighted by atomic mass is 16.2. The number of nitrogens with zero attached hydrogens (tertiary/aromatic N) is 2. The van der Waals surface area contributed by atoms with Crippen LogP contribution in [0, 0.1) is 19.8 Å². The van der Waals surface area contributed by atoms with Crippen molar-refractivity contribution in [2.24, 2.45) is 5.92 Å². The van der Waals surface area contributed by atoms with Crippen LogP contribution in [0.1, 0.15) is 23.4 Å². The molecule has 1 aliphatic rings. The highest BCUT2D eigenvalue weighted by Gasteiger charge is 2.30. The Balaban J connectivity index is 1.73. The molecule has 0 bridgehead atoms. The number of benzene rings is 1. The summed E-state index contributed by atoms with van der Waals surface area (Å²) in [5, 5.41) is 0. The molecule has 1 aromatic carbocycles. The Morgan fingerprint density at radius 2 is 1.95 bits per heavy atom. The fourth-order valence-corrected chi connectivity index (χ4v) is 3.10. The summed E-state index contributed by atoms with van der Waals surface area (Å²) >= 11 is 0. The van der Waals surface area contributed by atoms with Gasteiger partial charge in [-0.25, -0.2) is 0 Å². The van der Waals surface area contributed by atoms with E-state index in [1.54, 1.807) is 0 Å².